The molecule has 0 bridgehead atoms. The van der Waals surface area contributed by atoms with Gasteiger partial charge in [0.25, 0.3) is 0 Å². The van der Waals surface area contributed by atoms with E-state index in [1.165, 1.54) is 5.56 Å². The van der Waals surface area contributed by atoms with E-state index in [2.05, 4.69) is 57.4 Å². The fourth-order valence-corrected chi connectivity index (χ4v) is 3.04. The van der Waals surface area contributed by atoms with Crippen molar-refractivity contribution < 1.29 is 0 Å². The number of aryl methyl sites for hydroxylation is 1. The summed E-state index contributed by atoms with van der Waals surface area (Å²) in [6.07, 6.45) is 0. The van der Waals surface area contributed by atoms with Crippen LogP contribution < -0.4 is 0 Å². The third-order valence-electron chi connectivity index (χ3n) is 4.23. The van der Waals surface area contributed by atoms with Crippen LogP contribution in [0.4, 0.5) is 0 Å². The topological polar surface area (TPSA) is 35.2 Å². The number of benzene rings is 1. The van der Waals surface area contributed by atoms with Crippen molar-refractivity contribution >= 4 is 11.6 Å². The molecule has 0 spiro atoms. The molecule has 5 heteroatoms. The van der Waals surface area contributed by atoms with Crippen LogP contribution in [0.3, 0.4) is 0 Å². The molecule has 112 valence electrons. The molecule has 1 fully saturated rings. The van der Waals surface area contributed by atoms with Crippen molar-refractivity contribution in [3.05, 3.63) is 52.3 Å². The van der Waals surface area contributed by atoms with Crippen LogP contribution in [-0.2, 0) is 6.54 Å². The summed E-state index contributed by atoms with van der Waals surface area (Å²) in [5.41, 5.74) is 3.26. The Morgan fingerprint density at radius 1 is 1.29 bits per heavy atom. The van der Waals surface area contributed by atoms with E-state index < -0.39 is 0 Å². The number of nitrogens with one attached hydrogen (secondary N) is 1. The van der Waals surface area contributed by atoms with Gasteiger partial charge < -0.3 is 0 Å². The monoisotopic (exact) mass is 304 g/mol. The van der Waals surface area contributed by atoms with E-state index in [9.17, 15) is 0 Å². The highest BCUT2D eigenvalue weighted by Gasteiger charge is 2.26. The van der Waals surface area contributed by atoms with Gasteiger partial charge in [0, 0.05) is 32.2 Å². The second-order valence-corrected chi connectivity index (χ2v) is 6.13. The minimum atomic E-state index is 0.429. The van der Waals surface area contributed by atoms with E-state index in [1.807, 2.05) is 6.92 Å². The van der Waals surface area contributed by atoms with Crippen LogP contribution >= 0.6 is 11.6 Å². The van der Waals surface area contributed by atoms with Gasteiger partial charge in [-0.05, 0) is 19.5 Å². The Morgan fingerprint density at radius 2 is 2.05 bits per heavy atom. The number of aromatic amines is 1. The van der Waals surface area contributed by atoms with Crippen LogP contribution in [0.25, 0.3) is 0 Å². The smallest absolute Gasteiger partial charge is 0.0951 e. The van der Waals surface area contributed by atoms with Crippen molar-refractivity contribution in [2.45, 2.75) is 19.5 Å². The molecule has 1 saturated heterocycles. The first kappa shape index (κ1) is 14.6. The predicted molar refractivity (Wildman–Crippen MR) is 85.4 cm³/mol. The third kappa shape index (κ3) is 3.12. The van der Waals surface area contributed by atoms with Gasteiger partial charge in [0.1, 0.15) is 0 Å². The molecule has 0 radical (unpaired) electrons. The summed E-state index contributed by atoms with van der Waals surface area (Å²) < 4.78 is 0. The largest absolute Gasteiger partial charge is 0.297 e. The summed E-state index contributed by atoms with van der Waals surface area (Å²) in [5, 5.41) is 8.04. The van der Waals surface area contributed by atoms with E-state index in [0.29, 0.717) is 6.04 Å². The zero-order valence-corrected chi connectivity index (χ0v) is 13.3. The van der Waals surface area contributed by atoms with Crippen LogP contribution in [0.2, 0.25) is 5.02 Å². The number of piperazine rings is 1. The van der Waals surface area contributed by atoms with Gasteiger partial charge in [0.05, 0.1) is 16.4 Å². The second kappa shape index (κ2) is 6.18. The molecule has 0 amide bonds. The summed E-state index contributed by atoms with van der Waals surface area (Å²) >= 11 is 6.28. The van der Waals surface area contributed by atoms with Gasteiger partial charge >= 0.3 is 0 Å². The molecule has 0 aliphatic carbocycles. The zero-order valence-electron chi connectivity index (χ0n) is 12.5. The molecule has 2 aromatic rings. The number of hydrogen-bond acceptors (Lipinski definition) is 3. The zero-order chi connectivity index (χ0) is 14.8. The van der Waals surface area contributed by atoms with E-state index in [4.69, 9.17) is 11.6 Å². The van der Waals surface area contributed by atoms with Crippen molar-refractivity contribution in [3.63, 3.8) is 0 Å². The minimum absolute atomic E-state index is 0.429. The van der Waals surface area contributed by atoms with Gasteiger partial charge in [-0.1, -0.05) is 41.9 Å². The third-order valence-corrected chi connectivity index (χ3v) is 4.73. The van der Waals surface area contributed by atoms with E-state index in [0.717, 1.165) is 42.6 Å². The highest BCUT2D eigenvalue weighted by atomic mass is 35.5. The first-order chi connectivity index (χ1) is 10.1. The Hall–Kier alpha value is -1.36. The SMILES string of the molecule is Cc1[nH]nc(CN2CCN(C)C(c3ccccc3)C2)c1Cl. The lowest BCUT2D eigenvalue weighted by Crippen LogP contribution is -2.46. The van der Waals surface area contributed by atoms with Crippen LogP contribution in [-0.4, -0.2) is 46.7 Å². The number of aromatic nitrogens is 2. The van der Waals surface area contributed by atoms with Crippen LogP contribution in [0, 0.1) is 6.92 Å². The molecular formula is C16H21ClN4. The number of nitrogens with zero attached hydrogens (tertiary/aromatic N) is 3. The maximum Gasteiger partial charge on any atom is 0.0951 e. The lowest BCUT2D eigenvalue weighted by Gasteiger charge is -2.39. The molecule has 1 aromatic carbocycles. The summed E-state index contributed by atoms with van der Waals surface area (Å²) in [7, 11) is 2.20. The number of rotatable bonds is 3. The molecule has 1 aliphatic rings. The molecule has 0 saturated carbocycles. The number of halogens is 1. The van der Waals surface area contributed by atoms with Crippen molar-refractivity contribution in [1.29, 1.82) is 0 Å². The maximum absolute atomic E-state index is 6.28. The molecule has 4 nitrogen and oxygen atoms in total. The van der Waals surface area contributed by atoms with Crippen LogP contribution in [0.15, 0.2) is 30.3 Å². The van der Waals surface area contributed by atoms with Gasteiger partial charge in [-0.3, -0.25) is 14.9 Å². The Morgan fingerprint density at radius 3 is 2.71 bits per heavy atom. The average Bonchev–Trinajstić information content (AvgIpc) is 2.82. The Bertz CT molecular complexity index is 596. The predicted octanol–water partition coefficient (Wildman–Crippen LogP) is 2.86. The lowest BCUT2D eigenvalue weighted by molar-refractivity contribution is 0.0896. The molecule has 21 heavy (non-hydrogen) atoms. The van der Waals surface area contributed by atoms with E-state index in [-0.39, 0.29) is 0 Å². The van der Waals surface area contributed by atoms with E-state index in [1.54, 1.807) is 0 Å². The van der Waals surface area contributed by atoms with Crippen LogP contribution in [0.1, 0.15) is 23.0 Å². The quantitative estimate of drug-likeness (QED) is 0.947. The molecule has 1 unspecified atom stereocenters. The van der Waals surface area contributed by atoms with Gasteiger partial charge in [0.2, 0.25) is 0 Å². The first-order valence-electron chi connectivity index (χ1n) is 7.32. The first-order valence-corrected chi connectivity index (χ1v) is 7.70. The molecule has 1 atom stereocenters. The van der Waals surface area contributed by atoms with Gasteiger partial charge in [0.15, 0.2) is 0 Å². The van der Waals surface area contributed by atoms with Crippen LogP contribution in [0.5, 0.6) is 0 Å². The molecule has 1 aliphatic heterocycles. The van der Waals surface area contributed by atoms with Crippen molar-refractivity contribution in [3.8, 4) is 0 Å². The minimum Gasteiger partial charge on any atom is -0.297 e. The Labute approximate surface area is 130 Å². The van der Waals surface area contributed by atoms with Gasteiger partial charge in [-0.2, -0.15) is 5.10 Å². The fourth-order valence-electron chi connectivity index (χ4n) is 2.89. The van der Waals surface area contributed by atoms with Gasteiger partial charge in [-0.25, -0.2) is 0 Å². The van der Waals surface area contributed by atoms with Crippen molar-refractivity contribution in [2.75, 3.05) is 26.7 Å². The summed E-state index contributed by atoms with van der Waals surface area (Å²) in [6.45, 7) is 5.86. The summed E-state index contributed by atoms with van der Waals surface area (Å²) in [4.78, 5) is 4.85. The standard InChI is InChI=1S/C16H21ClN4/c1-12-16(17)14(19-18-12)10-21-9-8-20(2)15(11-21)13-6-4-3-5-7-13/h3-7,15H,8-11H2,1-2H3,(H,18,19). The highest BCUT2D eigenvalue weighted by Crippen LogP contribution is 2.26. The van der Waals surface area contributed by atoms with Crippen molar-refractivity contribution in [2.24, 2.45) is 0 Å². The second-order valence-electron chi connectivity index (χ2n) is 5.75. The summed E-state index contributed by atoms with van der Waals surface area (Å²) in [5.74, 6) is 0. The normalized spacial score (nSPS) is 20.8. The maximum atomic E-state index is 6.28. The highest BCUT2D eigenvalue weighted by molar-refractivity contribution is 6.31. The van der Waals surface area contributed by atoms with Gasteiger partial charge in [-0.15, -0.1) is 0 Å². The average molecular weight is 305 g/mol. The molecule has 3 rings (SSSR count). The fraction of sp³-hybridized carbons (Fsp3) is 0.438. The molecule has 2 heterocycles. The molecule has 1 N–H and O–H groups in total. The lowest BCUT2D eigenvalue weighted by atomic mass is 10.0. The summed E-state index contributed by atoms with van der Waals surface area (Å²) in [6, 6.07) is 11.1. The Kier molecular flexibility index (Phi) is 4.29. The number of H-pyrrole nitrogens is 1. The van der Waals surface area contributed by atoms with Crippen molar-refractivity contribution in [1.82, 2.24) is 20.0 Å². The Balaban J connectivity index is 1.72. The molecule has 1 aromatic heterocycles. The van der Waals surface area contributed by atoms with E-state index >= 15 is 0 Å². The molecular weight excluding hydrogens is 284 g/mol. The number of likely N-dealkylation sites (N-methyl/N-ethyl adjacent to an activating group) is 1. The number of hydrogen-bond donors (Lipinski definition) is 1.